The number of anilines is 1. The number of carbonyl (C=O) groups is 1. The first-order valence-corrected chi connectivity index (χ1v) is 10.3. The third-order valence-corrected chi connectivity index (χ3v) is 5.66. The van der Waals surface area contributed by atoms with E-state index in [0.29, 0.717) is 29.7 Å². The van der Waals surface area contributed by atoms with Gasteiger partial charge in [0, 0.05) is 18.5 Å². The molecule has 1 amide bonds. The minimum absolute atomic E-state index is 0.187. The first kappa shape index (κ1) is 21.4. The zero-order valence-corrected chi connectivity index (χ0v) is 18.5. The third-order valence-electron chi connectivity index (χ3n) is 5.66. The smallest absolute Gasteiger partial charge is 0.278 e. The molecule has 1 atom stereocenters. The van der Waals surface area contributed by atoms with Crippen LogP contribution in [0, 0.1) is 18.3 Å². The minimum atomic E-state index is -0.243. The molecule has 1 aliphatic rings. The number of nitrogens with one attached hydrogen (secondary N) is 1. The number of hydrogen-bond acceptors (Lipinski definition) is 5. The number of aromatic nitrogens is 1. The van der Waals surface area contributed by atoms with Crippen LogP contribution in [0.1, 0.15) is 54.6 Å². The SMILES string of the molecule is Cc1ccc(OCCN(C)C)c(NC(=O)c2noc3c2CC(C(C)(C)C)CC3)c1. The molecule has 0 bridgehead atoms. The maximum atomic E-state index is 13.1. The Morgan fingerprint density at radius 1 is 1.34 bits per heavy atom. The topological polar surface area (TPSA) is 67.6 Å². The Morgan fingerprint density at radius 2 is 2.10 bits per heavy atom. The lowest BCUT2D eigenvalue weighted by Gasteiger charge is -2.33. The molecular weight excluding hydrogens is 366 g/mol. The van der Waals surface area contributed by atoms with Crippen LogP contribution in [0.15, 0.2) is 22.7 Å². The molecule has 2 aromatic rings. The number of rotatable bonds is 6. The third kappa shape index (κ3) is 5.18. The zero-order valence-electron chi connectivity index (χ0n) is 18.5. The summed E-state index contributed by atoms with van der Waals surface area (Å²) >= 11 is 0. The highest BCUT2D eigenvalue weighted by Gasteiger charge is 2.34. The zero-order chi connectivity index (χ0) is 21.2. The quantitative estimate of drug-likeness (QED) is 0.783. The van der Waals surface area contributed by atoms with Gasteiger partial charge in [-0.1, -0.05) is 32.0 Å². The fourth-order valence-corrected chi connectivity index (χ4v) is 3.71. The standard InChI is InChI=1S/C23H33N3O3/c1-15-7-9-20(28-12-11-26(5)6)18(13-15)24-22(27)21-17-14-16(23(2,3)4)8-10-19(17)29-25-21/h7,9,13,16H,8,10-12,14H2,1-6H3,(H,24,27). The van der Waals surface area contributed by atoms with Gasteiger partial charge in [0.15, 0.2) is 5.69 Å². The molecule has 29 heavy (non-hydrogen) atoms. The molecule has 1 heterocycles. The molecule has 1 N–H and O–H groups in total. The van der Waals surface area contributed by atoms with Crippen LogP contribution in [0.25, 0.3) is 0 Å². The molecule has 0 fully saturated rings. The summed E-state index contributed by atoms with van der Waals surface area (Å²) in [5.41, 5.74) is 3.25. The monoisotopic (exact) mass is 399 g/mol. The first-order valence-electron chi connectivity index (χ1n) is 10.3. The molecule has 1 unspecified atom stereocenters. The van der Waals surface area contributed by atoms with E-state index in [9.17, 15) is 4.79 Å². The second kappa shape index (κ2) is 8.57. The van der Waals surface area contributed by atoms with Crippen LogP contribution in [0.5, 0.6) is 5.75 Å². The van der Waals surface area contributed by atoms with Gasteiger partial charge in [-0.3, -0.25) is 4.79 Å². The number of amides is 1. The molecule has 0 radical (unpaired) electrons. The Balaban J connectivity index is 1.78. The van der Waals surface area contributed by atoms with Gasteiger partial charge in [-0.05, 0) is 62.9 Å². The molecule has 1 aliphatic carbocycles. The molecule has 0 aliphatic heterocycles. The molecule has 0 saturated carbocycles. The van der Waals surface area contributed by atoms with E-state index in [1.807, 2.05) is 39.2 Å². The van der Waals surface area contributed by atoms with Crippen molar-refractivity contribution in [3.8, 4) is 5.75 Å². The number of nitrogens with zero attached hydrogens (tertiary/aromatic N) is 2. The van der Waals surface area contributed by atoms with Crippen molar-refractivity contribution in [3.63, 3.8) is 0 Å². The molecule has 1 aromatic carbocycles. The maximum Gasteiger partial charge on any atom is 0.278 e. The Bertz CT molecular complexity index is 865. The number of carbonyl (C=O) groups excluding carboxylic acids is 1. The van der Waals surface area contributed by atoms with E-state index in [4.69, 9.17) is 9.26 Å². The van der Waals surface area contributed by atoms with Crippen molar-refractivity contribution in [2.75, 3.05) is 32.6 Å². The summed E-state index contributed by atoms with van der Waals surface area (Å²) in [7, 11) is 4.00. The van der Waals surface area contributed by atoms with E-state index in [2.05, 4.69) is 36.1 Å². The van der Waals surface area contributed by atoms with E-state index in [1.54, 1.807) is 0 Å². The van der Waals surface area contributed by atoms with Crippen molar-refractivity contribution in [2.24, 2.45) is 11.3 Å². The molecule has 0 saturated heterocycles. The summed E-state index contributed by atoms with van der Waals surface area (Å²) in [5, 5.41) is 7.11. The number of ether oxygens (including phenoxy) is 1. The Hall–Kier alpha value is -2.34. The first-order chi connectivity index (χ1) is 13.6. The molecule has 6 nitrogen and oxygen atoms in total. The van der Waals surface area contributed by atoms with Crippen LogP contribution in [-0.4, -0.2) is 43.2 Å². The Morgan fingerprint density at radius 3 is 2.79 bits per heavy atom. The fraction of sp³-hybridized carbons (Fsp3) is 0.565. The largest absolute Gasteiger partial charge is 0.490 e. The predicted molar refractivity (Wildman–Crippen MR) is 115 cm³/mol. The predicted octanol–water partition coefficient (Wildman–Crippen LogP) is 4.33. The van der Waals surface area contributed by atoms with Gasteiger partial charge in [0.2, 0.25) is 0 Å². The number of aryl methyl sites for hydroxylation is 2. The van der Waals surface area contributed by atoms with Gasteiger partial charge in [-0.25, -0.2) is 0 Å². The minimum Gasteiger partial charge on any atom is -0.490 e. The molecule has 1 aromatic heterocycles. The summed E-state index contributed by atoms with van der Waals surface area (Å²) in [5.74, 6) is 1.77. The number of likely N-dealkylation sites (N-methyl/N-ethyl adjacent to an activating group) is 1. The van der Waals surface area contributed by atoms with Crippen molar-refractivity contribution < 1.29 is 14.1 Å². The van der Waals surface area contributed by atoms with Gasteiger partial charge < -0.3 is 19.5 Å². The maximum absolute atomic E-state index is 13.1. The lowest BCUT2D eigenvalue weighted by Crippen LogP contribution is -2.27. The van der Waals surface area contributed by atoms with Gasteiger partial charge in [-0.15, -0.1) is 0 Å². The number of fused-ring (bicyclic) bond motifs is 1. The average molecular weight is 400 g/mol. The molecule has 3 rings (SSSR count). The Labute approximate surface area is 173 Å². The van der Waals surface area contributed by atoms with Gasteiger partial charge in [-0.2, -0.15) is 0 Å². The fourth-order valence-electron chi connectivity index (χ4n) is 3.71. The van der Waals surface area contributed by atoms with Crippen LogP contribution in [0.4, 0.5) is 5.69 Å². The van der Waals surface area contributed by atoms with Crippen LogP contribution >= 0.6 is 0 Å². The van der Waals surface area contributed by atoms with Crippen LogP contribution < -0.4 is 10.1 Å². The van der Waals surface area contributed by atoms with Gasteiger partial charge in [0.1, 0.15) is 18.1 Å². The lowest BCUT2D eigenvalue weighted by atomic mass is 9.71. The van der Waals surface area contributed by atoms with Crippen molar-refractivity contribution in [1.82, 2.24) is 10.1 Å². The Kier molecular flexibility index (Phi) is 6.32. The van der Waals surface area contributed by atoms with E-state index in [1.165, 1.54) is 0 Å². The lowest BCUT2D eigenvalue weighted by molar-refractivity contribution is 0.101. The summed E-state index contributed by atoms with van der Waals surface area (Å²) in [6.45, 7) is 10.1. The highest BCUT2D eigenvalue weighted by atomic mass is 16.5. The molecule has 0 spiro atoms. The van der Waals surface area contributed by atoms with Gasteiger partial charge in [0.05, 0.1) is 5.69 Å². The molecule has 6 heteroatoms. The molecular formula is C23H33N3O3. The van der Waals surface area contributed by atoms with E-state index < -0.39 is 0 Å². The van der Waals surface area contributed by atoms with Crippen LogP contribution in [0.3, 0.4) is 0 Å². The summed E-state index contributed by atoms with van der Waals surface area (Å²) < 4.78 is 11.4. The second-order valence-electron chi connectivity index (χ2n) is 9.34. The average Bonchev–Trinajstić information content (AvgIpc) is 3.06. The van der Waals surface area contributed by atoms with Crippen LogP contribution in [-0.2, 0) is 12.8 Å². The van der Waals surface area contributed by atoms with Crippen molar-refractivity contribution in [3.05, 3.63) is 40.8 Å². The molecule has 158 valence electrons. The number of hydrogen-bond donors (Lipinski definition) is 1. The second-order valence-corrected chi connectivity index (χ2v) is 9.34. The summed E-state index contributed by atoms with van der Waals surface area (Å²) in [6, 6.07) is 5.80. The van der Waals surface area contributed by atoms with Crippen molar-refractivity contribution >= 4 is 11.6 Å². The van der Waals surface area contributed by atoms with Crippen molar-refractivity contribution in [1.29, 1.82) is 0 Å². The van der Waals surface area contributed by atoms with E-state index in [-0.39, 0.29) is 11.3 Å². The van der Waals surface area contributed by atoms with E-state index in [0.717, 1.165) is 42.7 Å². The highest BCUT2D eigenvalue weighted by molar-refractivity contribution is 6.04. The van der Waals surface area contributed by atoms with Crippen molar-refractivity contribution in [2.45, 2.75) is 47.0 Å². The van der Waals surface area contributed by atoms with Crippen LogP contribution in [0.2, 0.25) is 0 Å². The summed E-state index contributed by atoms with van der Waals surface area (Å²) in [4.78, 5) is 15.1. The normalized spacial score (nSPS) is 16.6. The van der Waals surface area contributed by atoms with Gasteiger partial charge in [0.25, 0.3) is 5.91 Å². The van der Waals surface area contributed by atoms with Gasteiger partial charge >= 0.3 is 0 Å². The highest BCUT2D eigenvalue weighted by Crippen LogP contribution is 2.38. The summed E-state index contributed by atoms with van der Waals surface area (Å²) in [6.07, 6.45) is 2.72. The number of benzene rings is 1. The van der Waals surface area contributed by atoms with E-state index >= 15 is 0 Å².